The summed E-state index contributed by atoms with van der Waals surface area (Å²) in [5, 5.41) is 5.67. The summed E-state index contributed by atoms with van der Waals surface area (Å²) in [6.45, 7) is 0. The quantitative estimate of drug-likeness (QED) is 0.573. The molecule has 22 heavy (non-hydrogen) atoms. The van der Waals surface area contributed by atoms with E-state index in [-0.39, 0.29) is 12.3 Å². The van der Waals surface area contributed by atoms with Crippen molar-refractivity contribution in [2.24, 2.45) is 5.73 Å². The van der Waals surface area contributed by atoms with Gasteiger partial charge >= 0.3 is 0 Å². The minimum absolute atomic E-state index is 0.0373. The van der Waals surface area contributed by atoms with Gasteiger partial charge in [0, 0.05) is 17.1 Å². The standard InChI is InChI=1S/C15H16N4O3/c16-10(14(21)18-12-6-13(20)19-15(12)22)5-8-7-17-11-4-2-1-3-9(8)11/h1-4,7,10,12,17H,5-6,16H2,(H,18,21)(H,19,20,22)/t10-,12?/m0/s1. The van der Waals surface area contributed by atoms with E-state index in [1.165, 1.54) is 0 Å². The summed E-state index contributed by atoms with van der Waals surface area (Å²) in [5.41, 5.74) is 7.83. The number of imide groups is 1. The van der Waals surface area contributed by atoms with Crippen LogP contribution in [0.3, 0.4) is 0 Å². The number of fused-ring (bicyclic) bond motifs is 1. The first-order chi connectivity index (χ1) is 10.5. The van der Waals surface area contributed by atoms with Gasteiger partial charge in [0.15, 0.2) is 0 Å². The first-order valence-electron chi connectivity index (χ1n) is 6.99. The molecule has 2 atom stereocenters. The van der Waals surface area contributed by atoms with Crippen LogP contribution < -0.4 is 16.4 Å². The molecular weight excluding hydrogens is 284 g/mol. The molecule has 3 rings (SSSR count). The summed E-state index contributed by atoms with van der Waals surface area (Å²) >= 11 is 0. The number of hydrogen-bond acceptors (Lipinski definition) is 4. The molecule has 1 aromatic carbocycles. The lowest BCUT2D eigenvalue weighted by molar-refractivity contribution is -0.128. The summed E-state index contributed by atoms with van der Waals surface area (Å²) in [6, 6.07) is 6.12. The lowest BCUT2D eigenvalue weighted by Crippen LogP contribution is -2.48. The van der Waals surface area contributed by atoms with Gasteiger partial charge in [0.2, 0.25) is 17.7 Å². The molecule has 0 spiro atoms. The predicted octanol–water partition coefficient (Wildman–Crippen LogP) is -0.431. The van der Waals surface area contributed by atoms with Crippen molar-refractivity contribution in [2.45, 2.75) is 24.9 Å². The number of carbonyl (C=O) groups is 3. The summed E-state index contributed by atoms with van der Waals surface area (Å²) < 4.78 is 0. The number of amides is 3. The van der Waals surface area contributed by atoms with Gasteiger partial charge in [-0.2, -0.15) is 0 Å². The Kier molecular flexibility index (Phi) is 3.64. The van der Waals surface area contributed by atoms with Gasteiger partial charge in [-0.15, -0.1) is 0 Å². The van der Waals surface area contributed by atoms with E-state index in [4.69, 9.17) is 5.73 Å². The molecule has 1 aliphatic heterocycles. The molecule has 1 aromatic heterocycles. The number of aromatic nitrogens is 1. The molecule has 1 fully saturated rings. The summed E-state index contributed by atoms with van der Waals surface area (Å²) in [5.74, 6) is -1.32. The lowest BCUT2D eigenvalue weighted by Gasteiger charge is -2.14. The van der Waals surface area contributed by atoms with E-state index in [1.807, 2.05) is 30.5 Å². The SMILES string of the molecule is N[C@@H](Cc1c[nH]c2ccccc12)C(=O)NC1CC(=O)NC1=O. The normalized spacial score (nSPS) is 19.2. The van der Waals surface area contributed by atoms with Gasteiger partial charge in [-0.1, -0.05) is 18.2 Å². The van der Waals surface area contributed by atoms with Crippen molar-refractivity contribution in [1.82, 2.24) is 15.6 Å². The third kappa shape index (κ3) is 2.71. The number of carbonyl (C=O) groups excluding carboxylic acids is 3. The van der Waals surface area contributed by atoms with Gasteiger partial charge in [0.05, 0.1) is 12.5 Å². The van der Waals surface area contributed by atoms with E-state index < -0.39 is 23.9 Å². The van der Waals surface area contributed by atoms with Crippen molar-refractivity contribution in [2.75, 3.05) is 0 Å². The minimum atomic E-state index is -0.825. The van der Waals surface area contributed by atoms with Crippen LogP contribution in [0.4, 0.5) is 0 Å². The van der Waals surface area contributed by atoms with E-state index in [2.05, 4.69) is 15.6 Å². The van der Waals surface area contributed by atoms with Gasteiger partial charge in [0.1, 0.15) is 6.04 Å². The maximum atomic E-state index is 12.1. The molecule has 7 nitrogen and oxygen atoms in total. The van der Waals surface area contributed by atoms with Crippen molar-refractivity contribution in [1.29, 1.82) is 0 Å². The number of rotatable bonds is 4. The third-order valence-electron chi connectivity index (χ3n) is 3.74. The number of aromatic amines is 1. The summed E-state index contributed by atoms with van der Waals surface area (Å²) in [4.78, 5) is 37.7. The first-order valence-corrected chi connectivity index (χ1v) is 6.99. The third-order valence-corrected chi connectivity index (χ3v) is 3.74. The molecule has 2 aromatic rings. The Morgan fingerprint density at radius 2 is 2.14 bits per heavy atom. The smallest absolute Gasteiger partial charge is 0.249 e. The predicted molar refractivity (Wildman–Crippen MR) is 79.7 cm³/mol. The molecule has 114 valence electrons. The number of hydrogen-bond donors (Lipinski definition) is 4. The highest BCUT2D eigenvalue weighted by Gasteiger charge is 2.32. The summed E-state index contributed by atoms with van der Waals surface area (Å²) in [6.07, 6.45) is 2.13. The second-order valence-electron chi connectivity index (χ2n) is 5.35. The molecule has 7 heteroatoms. The van der Waals surface area contributed by atoms with E-state index in [0.29, 0.717) is 6.42 Å². The van der Waals surface area contributed by atoms with Crippen molar-refractivity contribution in [3.8, 4) is 0 Å². The van der Waals surface area contributed by atoms with Crippen LogP contribution in [0.25, 0.3) is 10.9 Å². The van der Waals surface area contributed by atoms with Crippen LogP contribution in [0.2, 0.25) is 0 Å². The van der Waals surface area contributed by atoms with Gasteiger partial charge in [-0.25, -0.2) is 0 Å². The van der Waals surface area contributed by atoms with Gasteiger partial charge < -0.3 is 16.0 Å². The zero-order chi connectivity index (χ0) is 15.7. The number of H-pyrrole nitrogens is 1. The second-order valence-corrected chi connectivity index (χ2v) is 5.35. The maximum Gasteiger partial charge on any atom is 0.249 e. The molecule has 5 N–H and O–H groups in total. The Morgan fingerprint density at radius 1 is 1.36 bits per heavy atom. The van der Waals surface area contributed by atoms with Gasteiger partial charge in [0.25, 0.3) is 0 Å². The fraction of sp³-hybridized carbons (Fsp3) is 0.267. The molecule has 0 radical (unpaired) electrons. The highest BCUT2D eigenvalue weighted by Crippen LogP contribution is 2.18. The Morgan fingerprint density at radius 3 is 2.86 bits per heavy atom. The van der Waals surface area contributed by atoms with Crippen molar-refractivity contribution < 1.29 is 14.4 Å². The fourth-order valence-corrected chi connectivity index (χ4v) is 2.58. The number of para-hydroxylation sites is 1. The highest BCUT2D eigenvalue weighted by molar-refractivity contribution is 6.07. The van der Waals surface area contributed by atoms with Crippen LogP contribution in [-0.4, -0.2) is 34.8 Å². The Hall–Kier alpha value is -2.67. The summed E-state index contributed by atoms with van der Waals surface area (Å²) in [7, 11) is 0. The Bertz CT molecular complexity index is 752. The van der Waals surface area contributed by atoms with E-state index >= 15 is 0 Å². The average molecular weight is 300 g/mol. The number of benzene rings is 1. The Balaban J connectivity index is 1.66. The molecule has 0 aliphatic carbocycles. The molecule has 2 heterocycles. The molecule has 0 saturated carbocycles. The number of nitrogens with one attached hydrogen (secondary N) is 3. The molecule has 3 amide bonds. The van der Waals surface area contributed by atoms with Gasteiger partial charge in [-0.05, 0) is 18.1 Å². The van der Waals surface area contributed by atoms with Gasteiger partial charge in [-0.3, -0.25) is 19.7 Å². The fourth-order valence-electron chi connectivity index (χ4n) is 2.58. The molecular formula is C15H16N4O3. The lowest BCUT2D eigenvalue weighted by atomic mass is 10.0. The van der Waals surface area contributed by atoms with Crippen LogP contribution in [0, 0.1) is 0 Å². The van der Waals surface area contributed by atoms with Crippen LogP contribution in [0.15, 0.2) is 30.5 Å². The topological polar surface area (TPSA) is 117 Å². The van der Waals surface area contributed by atoms with Crippen LogP contribution >= 0.6 is 0 Å². The monoisotopic (exact) mass is 300 g/mol. The average Bonchev–Trinajstić information content (AvgIpc) is 3.03. The van der Waals surface area contributed by atoms with Crippen molar-refractivity contribution in [3.63, 3.8) is 0 Å². The molecule has 1 aliphatic rings. The molecule has 1 unspecified atom stereocenters. The van der Waals surface area contributed by atoms with Crippen LogP contribution in [-0.2, 0) is 20.8 Å². The minimum Gasteiger partial charge on any atom is -0.361 e. The Labute approximate surface area is 126 Å². The van der Waals surface area contributed by atoms with Crippen molar-refractivity contribution >= 4 is 28.6 Å². The van der Waals surface area contributed by atoms with E-state index in [9.17, 15) is 14.4 Å². The van der Waals surface area contributed by atoms with E-state index in [1.54, 1.807) is 0 Å². The zero-order valence-corrected chi connectivity index (χ0v) is 11.8. The maximum absolute atomic E-state index is 12.1. The second kappa shape index (κ2) is 5.61. The van der Waals surface area contributed by atoms with Crippen LogP contribution in [0.1, 0.15) is 12.0 Å². The molecule has 0 bridgehead atoms. The van der Waals surface area contributed by atoms with E-state index in [0.717, 1.165) is 16.5 Å². The molecule has 1 saturated heterocycles. The van der Waals surface area contributed by atoms with Crippen LogP contribution in [0.5, 0.6) is 0 Å². The number of nitrogens with two attached hydrogens (primary N) is 1. The first kappa shape index (κ1) is 14.3. The van der Waals surface area contributed by atoms with Crippen molar-refractivity contribution in [3.05, 3.63) is 36.0 Å². The zero-order valence-electron chi connectivity index (χ0n) is 11.8. The largest absolute Gasteiger partial charge is 0.361 e. The highest BCUT2D eigenvalue weighted by atomic mass is 16.2.